The molecule has 0 radical (unpaired) electrons. The fourth-order valence-electron chi connectivity index (χ4n) is 2.84. The fraction of sp³-hybridized carbons (Fsp3) is 0.652. The third kappa shape index (κ3) is 14.0. The van der Waals surface area contributed by atoms with E-state index >= 15 is 0 Å². The summed E-state index contributed by atoms with van der Waals surface area (Å²) in [5.74, 6) is -0.373. The van der Waals surface area contributed by atoms with Crippen molar-refractivity contribution in [2.75, 3.05) is 6.61 Å². The molecule has 0 saturated carbocycles. The van der Waals surface area contributed by atoms with Crippen LogP contribution >= 0.6 is 0 Å². The molecule has 0 saturated heterocycles. The standard InChI is InChI=1S/C23H36O4/c1-2-3-4-5-6-7-8-14-19-26-22(24)17-12-13-18-23(25)27-20-21-15-10-9-11-16-21/h9-11,15-16H,2-8,12-14,17-20H2,1H3. The van der Waals surface area contributed by atoms with Gasteiger partial charge in [-0.3, -0.25) is 9.59 Å². The van der Waals surface area contributed by atoms with Crippen molar-refractivity contribution in [1.82, 2.24) is 0 Å². The summed E-state index contributed by atoms with van der Waals surface area (Å²) in [5, 5.41) is 0. The molecular weight excluding hydrogens is 340 g/mol. The van der Waals surface area contributed by atoms with E-state index in [0.29, 0.717) is 38.9 Å². The van der Waals surface area contributed by atoms with E-state index in [-0.39, 0.29) is 11.9 Å². The Morgan fingerprint density at radius 2 is 1.26 bits per heavy atom. The van der Waals surface area contributed by atoms with Gasteiger partial charge in [0.05, 0.1) is 6.61 Å². The zero-order valence-electron chi connectivity index (χ0n) is 16.9. The highest BCUT2D eigenvalue weighted by molar-refractivity contribution is 5.70. The molecule has 0 amide bonds. The van der Waals surface area contributed by atoms with Crippen LogP contribution in [0.5, 0.6) is 0 Å². The Morgan fingerprint density at radius 3 is 1.89 bits per heavy atom. The summed E-state index contributed by atoms with van der Waals surface area (Å²) in [6.45, 7) is 3.05. The quantitative estimate of drug-likeness (QED) is 0.263. The molecule has 1 aromatic rings. The molecule has 0 bridgehead atoms. The summed E-state index contributed by atoms with van der Waals surface area (Å²) in [5.41, 5.74) is 0.982. The van der Waals surface area contributed by atoms with Crippen LogP contribution in [0.2, 0.25) is 0 Å². The maximum atomic E-state index is 11.7. The lowest BCUT2D eigenvalue weighted by Crippen LogP contribution is -2.07. The number of ether oxygens (including phenoxy) is 2. The summed E-state index contributed by atoms with van der Waals surface area (Å²) >= 11 is 0. The van der Waals surface area contributed by atoms with Crippen LogP contribution in [0.4, 0.5) is 0 Å². The molecule has 0 N–H and O–H groups in total. The molecule has 27 heavy (non-hydrogen) atoms. The van der Waals surface area contributed by atoms with Gasteiger partial charge in [-0.25, -0.2) is 0 Å². The number of unbranched alkanes of at least 4 members (excludes halogenated alkanes) is 8. The number of benzene rings is 1. The van der Waals surface area contributed by atoms with E-state index < -0.39 is 0 Å². The van der Waals surface area contributed by atoms with Crippen molar-refractivity contribution in [2.45, 2.75) is 90.6 Å². The Kier molecular flexibility index (Phi) is 14.0. The average Bonchev–Trinajstić information content (AvgIpc) is 2.69. The summed E-state index contributed by atoms with van der Waals surface area (Å²) in [4.78, 5) is 23.3. The molecule has 4 heteroatoms. The Hall–Kier alpha value is -1.84. The molecule has 0 aliphatic carbocycles. The number of carbonyl (C=O) groups excluding carboxylic acids is 2. The zero-order chi connectivity index (χ0) is 19.6. The van der Waals surface area contributed by atoms with Crippen LogP contribution < -0.4 is 0 Å². The highest BCUT2D eigenvalue weighted by Gasteiger charge is 2.06. The molecule has 0 fully saturated rings. The summed E-state index contributed by atoms with van der Waals surface area (Å²) < 4.78 is 10.5. The average molecular weight is 377 g/mol. The first-order chi connectivity index (χ1) is 13.2. The zero-order valence-corrected chi connectivity index (χ0v) is 16.9. The van der Waals surface area contributed by atoms with Crippen molar-refractivity contribution in [2.24, 2.45) is 0 Å². The number of carbonyl (C=O) groups is 2. The maximum absolute atomic E-state index is 11.7. The van der Waals surface area contributed by atoms with Crippen LogP contribution in [0.3, 0.4) is 0 Å². The van der Waals surface area contributed by atoms with Crippen LogP contribution in [-0.4, -0.2) is 18.5 Å². The van der Waals surface area contributed by atoms with Gasteiger partial charge in [-0.15, -0.1) is 0 Å². The Balaban J connectivity index is 1.88. The summed E-state index contributed by atoms with van der Waals surface area (Å²) in [6, 6.07) is 9.62. The molecule has 1 aromatic carbocycles. The van der Waals surface area contributed by atoms with Gasteiger partial charge in [-0.2, -0.15) is 0 Å². The van der Waals surface area contributed by atoms with Gasteiger partial charge in [0, 0.05) is 12.8 Å². The van der Waals surface area contributed by atoms with Gasteiger partial charge in [0.2, 0.25) is 0 Å². The van der Waals surface area contributed by atoms with Crippen molar-refractivity contribution in [3.05, 3.63) is 35.9 Å². The molecule has 0 aliphatic heterocycles. The van der Waals surface area contributed by atoms with Gasteiger partial charge in [-0.1, -0.05) is 82.2 Å². The van der Waals surface area contributed by atoms with Crippen LogP contribution in [0.1, 0.15) is 89.5 Å². The highest BCUT2D eigenvalue weighted by atomic mass is 16.5. The molecule has 152 valence electrons. The fourth-order valence-corrected chi connectivity index (χ4v) is 2.84. The third-order valence-corrected chi connectivity index (χ3v) is 4.52. The van der Waals surface area contributed by atoms with E-state index in [1.807, 2.05) is 30.3 Å². The maximum Gasteiger partial charge on any atom is 0.306 e. The lowest BCUT2D eigenvalue weighted by molar-refractivity contribution is -0.146. The van der Waals surface area contributed by atoms with Crippen molar-refractivity contribution in [3.63, 3.8) is 0 Å². The minimum absolute atomic E-state index is 0.157. The van der Waals surface area contributed by atoms with E-state index in [1.54, 1.807) is 0 Å². The van der Waals surface area contributed by atoms with E-state index in [4.69, 9.17) is 9.47 Å². The molecular formula is C23H36O4. The topological polar surface area (TPSA) is 52.6 Å². The molecule has 0 spiro atoms. The summed E-state index contributed by atoms with van der Waals surface area (Å²) in [7, 11) is 0. The third-order valence-electron chi connectivity index (χ3n) is 4.52. The van der Waals surface area contributed by atoms with Gasteiger partial charge in [-0.05, 0) is 24.8 Å². The predicted octanol–water partition coefficient (Wildman–Crippen LogP) is 5.97. The van der Waals surface area contributed by atoms with Crippen LogP contribution in [0.25, 0.3) is 0 Å². The largest absolute Gasteiger partial charge is 0.466 e. The second kappa shape index (κ2) is 16.3. The molecule has 0 aromatic heterocycles. The first-order valence-electron chi connectivity index (χ1n) is 10.6. The molecule has 0 aliphatic rings. The first kappa shape index (κ1) is 23.2. The predicted molar refractivity (Wildman–Crippen MR) is 108 cm³/mol. The Labute approximate surface area is 164 Å². The normalized spacial score (nSPS) is 10.6. The van der Waals surface area contributed by atoms with Gasteiger partial charge in [0.15, 0.2) is 0 Å². The smallest absolute Gasteiger partial charge is 0.306 e. The second-order valence-electron chi connectivity index (χ2n) is 7.05. The van der Waals surface area contributed by atoms with Crippen molar-refractivity contribution in [1.29, 1.82) is 0 Å². The van der Waals surface area contributed by atoms with Crippen LogP contribution in [-0.2, 0) is 25.7 Å². The van der Waals surface area contributed by atoms with Gasteiger partial charge in [0.25, 0.3) is 0 Å². The molecule has 0 unspecified atom stereocenters. The number of hydrogen-bond donors (Lipinski definition) is 0. The van der Waals surface area contributed by atoms with Crippen LogP contribution in [0.15, 0.2) is 30.3 Å². The minimum Gasteiger partial charge on any atom is -0.466 e. The number of hydrogen-bond acceptors (Lipinski definition) is 4. The van der Waals surface area contributed by atoms with E-state index in [1.165, 1.54) is 38.5 Å². The van der Waals surface area contributed by atoms with E-state index in [2.05, 4.69) is 6.92 Å². The van der Waals surface area contributed by atoms with E-state index in [0.717, 1.165) is 18.4 Å². The Bertz CT molecular complexity index is 498. The highest BCUT2D eigenvalue weighted by Crippen LogP contribution is 2.09. The SMILES string of the molecule is CCCCCCCCCCOC(=O)CCCCC(=O)OCc1ccccc1. The lowest BCUT2D eigenvalue weighted by atomic mass is 10.1. The van der Waals surface area contributed by atoms with Crippen molar-refractivity contribution < 1.29 is 19.1 Å². The van der Waals surface area contributed by atoms with Gasteiger partial charge in [0.1, 0.15) is 6.61 Å². The minimum atomic E-state index is -0.217. The monoisotopic (exact) mass is 376 g/mol. The Morgan fingerprint density at radius 1 is 0.704 bits per heavy atom. The lowest BCUT2D eigenvalue weighted by Gasteiger charge is -2.06. The van der Waals surface area contributed by atoms with Gasteiger partial charge < -0.3 is 9.47 Å². The first-order valence-corrected chi connectivity index (χ1v) is 10.6. The molecule has 0 atom stereocenters. The summed E-state index contributed by atoms with van der Waals surface area (Å²) in [6.07, 6.45) is 11.9. The molecule has 1 rings (SSSR count). The number of rotatable bonds is 16. The second-order valence-corrected chi connectivity index (χ2v) is 7.05. The van der Waals surface area contributed by atoms with Crippen molar-refractivity contribution >= 4 is 11.9 Å². The van der Waals surface area contributed by atoms with E-state index in [9.17, 15) is 9.59 Å². The van der Waals surface area contributed by atoms with Crippen LogP contribution in [0, 0.1) is 0 Å². The number of esters is 2. The van der Waals surface area contributed by atoms with Gasteiger partial charge >= 0.3 is 11.9 Å². The molecule has 4 nitrogen and oxygen atoms in total. The van der Waals surface area contributed by atoms with Crippen molar-refractivity contribution in [3.8, 4) is 0 Å². The molecule has 0 heterocycles.